The van der Waals surface area contributed by atoms with E-state index in [-0.39, 0.29) is 35.2 Å². The summed E-state index contributed by atoms with van der Waals surface area (Å²) in [5.74, 6) is -2.08. The molecule has 4 aromatic rings. The Balaban J connectivity index is 1.38. The van der Waals surface area contributed by atoms with Crippen molar-refractivity contribution >= 4 is 68.4 Å². The standard InChI is InChI=1S/C27H23N3O6S2/c1-2-36-23(32)13-18-14-38-27(29-18)30-22(31)15-37-19-9-5-8-17(12-19)28-25(33)20-10-3-6-16-7-4-11-21(24(16)20)26(34)35/h3-12,14H,2,13,15H2,1H3,(H,28,33)(H,34,35)(H,29,30,31). The number of rotatable bonds is 10. The molecule has 1 aromatic heterocycles. The van der Waals surface area contributed by atoms with Crippen LogP contribution in [0.4, 0.5) is 10.8 Å². The van der Waals surface area contributed by atoms with Gasteiger partial charge >= 0.3 is 11.9 Å². The molecule has 9 nitrogen and oxygen atoms in total. The number of carboxylic acid groups (broad SMARTS) is 1. The molecule has 38 heavy (non-hydrogen) atoms. The lowest BCUT2D eigenvalue weighted by Crippen LogP contribution is -2.14. The average molecular weight is 550 g/mol. The minimum absolute atomic E-state index is 0.0455. The first kappa shape index (κ1) is 26.8. The van der Waals surface area contributed by atoms with Gasteiger partial charge in [0, 0.05) is 26.9 Å². The minimum atomic E-state index is -1.11. The van der Waals surface area contributed by atoms with Crippen molar-refractivity contribution in [1.29, 1.82) is 0 Å². The van der Waals surface area contributed by atoms with Crippen LogP contribution in [0.5, 0.6) is 0 Å². The second-order valence-electron chi connectivity index (χ2n) is 7.96. The summed E-state index contributed by atoms with van der Waals surface area (Å²) in [6.45, 7) is 2.03. The van der Waals surface area contributed by atoms with Crippen LogP contribution in [-0.4, -0.2) is 46.2 Å². The number of nitrogens with zero attached hydrogens (tertiary/aromatic N) is 1. The van der Waals surface area contributed by atoms with Gasteiger partial charge < -0.3 is 20.5 Å². The molecule has 11 heteroatoms. The third-order valence-electron chi connectivity index (χ3n) is 5.27. The topological polar surface area (TPSA) is 135 Å². The number of ether oxygens (including phenoxy) is 1. The molecule has 2 amide bonds. The SMILES string of the molecule is CCOC(=O)Cc1csc(NC(=O)CSc2cccc(NC(=O)c3cccc4cccc(C(=O)O)c34)c2)n1. The number of carbonyl (C=O) groups excluding carboxylic acids is 3. The number of hydrogen-bond acceptors (Lipinski definition) is 8. The van der Waals surface area contributed by atoms with Crippen molar-refractivity contribution in [2.24, 2.45) is 0 Å². The van der Waals surface area contributed by atoms with Crippen LogP contribution in [-0.2, 0) is 20.7 Å². The van der Waals surface area contributed by atoms with Gasteiger partial charge in [0.2, 0.25) is 5.91 Å². The molecule has 0 radical (unpaired) electrons. The maximum absolute atomic E-state index is 13.1. The Labute approximate surface area is 226 Å². The van der Waals surface area contributed by atoms with E-state index < -0.39 is 11.9 Å². The van der Waals surface area contributed by atoms with Gasteiger partial charge in [0.05, 0.1) is 30.0 Å². The highest BCUT2D eigenvalue weighted by molar-refractivity contribution is 8.00. The van der Waals surface area contributed by atoms with Gasteiger partial charge in [-0.15, -0.1) is 23.1 Å². The van der Waals surface area contributed by atoms with Crippen molar-refractivity contribution in [3.8, 4) is 0 Å². The Morgan fingerprint density at radius 1 is 1.00 bits per heavy atom. The lowest BCUT2D eigenvalue weighted by atomic mass is 9.98. The first-order chi connectivity index (χ1) is 18.3. The molecular formula is C27H23N3O6S2. The maximum Gasteiger partial charge on any atom is 0.336 e. The first-order valence-electron chi connectivity index (χ1n) is 11.5. The Bertz CT molecular complexity index is 1510. The molecule has 0 aliphatic rings. The van der Waals surface area contributed by atoms with Crippen LogP contribution in [0.25, 0.3) is 10.8 Å². The molecule has 0 fully saturated rings. The number of aromatic carboxylic acids is 1. The van der Waals surface area contributed by atoms with Crippen molar-refractivity contribution in [1.82, 2.24) is 4.98 Å². The normalized spacial score (nSPS) is 10.7. The molecule has 0 aliphatic carbocycles. The van der Waals surface area contributed by atoms with Crippen molar-refractivity contribution in [3.05, 3.63) is 82.9 Å². The zero-order valence-corrected chi connectivity index (χ0v) is 21.9. The highest BCUT2D eigenvalue weighted by Gasteiger charge is 2.17. The number of benzene rings is 3. The number of carboxylic acids is 1. The molecule has 0 saturated heterocycles. The highest BCUT2D eigenvalue weighted by atomic mass is 32.2. The van der Waals surface area contributed by atoms with Crippen molar-refractivity contribution in [2.75, 3.05) is 23.0 Å². The summed E-state index contributed by atoms with van der Waals surface area (Å²) in [5, 5.41) is 18.2. The Hall–Kier alpha value is -4.22. The van der Waals surface area contributed by atoms with E-state index in [2.05, 4.69) is 15.6 Å². The second-order valence-corrected chi connectivity index (χ2v) is 9.87. The van der Waals surface area contributed by atoms with Gasteiger partial charge in [0.1, 0.15) is 0 Å². The molecular weight excluding hydrogens is 526 g/mol. The fraction of sp³-hybridized carbons (Fsp3) is 0.148. The number of thioether (sulfide) groups is 1. The van der Waals surface area contributed by atoms with Gasteiger partial charge in [-0.3, -0.25) is 14.4 Å². The Morgan fingerprint density at radius 2 is 1.74 bits per heavy atom. The van der Waals surface area contributed by atoms with Crippen LogP contribution in [0.2, 0.25) is 0 Å². The zero-order chi connectivity index (χ0) is 27.1. The van der Waals surface area contributed by atoms with E-state index in [0.29, 0.717) is 33.9 Å². The molecule has 4 rings (SSSR count). The van der Waals surface area contributed by atoms with Crippen LogP contribution in [0.1, 0.15) is 33.3 Å². The van der Waals surface area contributed by atoms with Gasteiger partial charge in [-0.05, 0) is 42.6 Å². The molecule has 0 saturated carbocycles. The Kier molecular flexibility index (Phi) is 8.72. The number of carbonyl (C=O) groups is 4. The van der Waals surface area contributed by atoms with Crippen LogP contribution in [0.15, 0.2) is 70.9 Å². The number of amides is 2. The van der Waals surface area contributed by atoms with Gasteiger partial charge in [0.15, 0.2) is 5.13 Å². The van der Waals surface area contributed by atoms with Gasteiger partial charge in [0.25, 0.3) is 5.91 Å². The van der Waals surface area contributed by atoms with E-state index in [4.69, 9.17) is 4.74 Å². The Morgan fingerprint density at radius 3 is 2.47 bits per heavy atom. The largest absolute Gasteiger partial charge is 0.478 e. The lowest BCUT2D eigenvalue weighted by Gasteiger charge is -2.11. The molecule has 194 valence electrons. The van der Waals surface area contributed by atoms with E-state index in [1.165, 1.54) is 29.2 Å². The molecule has 1 heterocycles. The third-order valence-corrected chi connectivity index (χ3v) is 7.07. The van der Waals surface area contributed by atoms with E-state index in [9.17, 15) is 24.3 Å². The maximum atomic E-state index is 13.1. The number of anilines is 2. The minimum Gasteiger partial charge on any atom is -0.478 e. The van der Waals surface area contributed by atoms with Crippen LogP contribution >= 0.6 is 23.1 Å². The summed E-state index contributed by atoms with van der Waals surface area (Å²) in [7, 11) is 0. The summed E-state index contributed by atoms with van der Waals surface area (Å²) in [4.78, 5) is 53.8. The zero-order valence-electron chi connectivity index (χ0n) is 20.2. The lowest BCUT2D eigenvalue weighted by molar-refractivity contribution is -0.142. The summed E-state index contributed by atoms with van der Waals surface area (Å²) in [6.07, 6.45) is 0.0455. The van der Waals surface area contributed by atoms with E-state index in [0.717, 1.165) is 4.90 Å². The average Bonchev–Trinajstić information content (AvgIpc) is 3.33. The molecule has 3 N–H and O–H groups in total. The first-order valence-corrected chi connectivity index (χ1v) is 13.4. The fourth-order valence-electron chi connectivity index (χ4n) is 3.68. The summed E-state index contributed by atoms with van der Waals surface area (Å²) in [5.41, 5.74) is 1.34. The van der Waals surface area contributed by atoms with Crippen LogP contribution in [0, 0.1) is 0 Å². The quantitative estimate of drug-likeness (QED) is 0.184. The third kappa shape index (κ3) is 6.75. The van der Waals surface area contributed by atoms with E-state index in [1.54, 1.807) is 60.8 Å². The fourth-order valence-corrected chi connectivity index (χ4v) is 5.16. The molecule has 0 atom stereocenters. The summed E-state index contributed by atoms with van der Waals surface area (Å²) in [6, 6.07) is 16.9. The van der Waals surface area contributed by atoms with Crippen molar-refractivity contribution in [2.45, 2.75) is 18.2 Å². The van der Waals surface area contributed by atoms with Crippen molar-refractivity contribution < 1.29 is 29.0 Å². The van der Waals surface area contributed by atoms with Crippen LogP contribution in [0.3, 0.4) is 0 Å². The highest BCUT2D eigenvalue weighted by Crippen LogP contribution is 2.26. The van der Waals surface area contributed by atoms with Gasteiger partial charge in [-0.1, -0.05) is 30.3 Å². The van der Waals surface area contributed by atoms with Gasteiger partial charge in [-0.2, -0.15) is 0 Å². The van der Waals surface area contributed by atoms with Crippen LogP contribution < -0.4 is 10.6 Å². The second kappa shape index (κ2) is 12.3. The molecule has 0 unspecified atom stereocenters. The number of hydrogen-bond donors (Lipinski definition) is 3. The predicted molar refractivity (Wildman–Crippen MR) is 147 cm³/mol. The number of aromatic nitrogens is 1. The number of fused-ring (bicyclic) bond motifs is 1. The van der Waals surface area contributed by atoms with E-state index in [1.807, 2.05) is 6.07 Å². The number of esters is 1. The predicted octanol–water partition coefficient (Wildman–Crippen LogP) is 5.08. The summed E-state index contributed by atoms with van der Waals surface area (Å²) >= 11 is 2.51. The van der Waals surface area contributed by atoms with E-state index >= 15 is 0 Å². The molecule has 0 spiro atoms. The molecule has 0 aliphatic heterocycles. The smallest absolute Gasteiger partial charge is 0.336 e. The molecule has 0 bridgehead atoms. The number of nitrogens with one attached hydrogen (secondary N) is 2. The number of thiazole rings is 1. The summed E-state index contributed by atoms with van der Waals surface area (Å²) < 4.78 is 4.90. The monoisotopic (exact) mass is 549 g/mol. The molecule has 3 aromatic carbocycles. The van der Waals surface area contributed by atoms with Gasteiger partial charge in [-0.25, -0.2) is 9.78 Å². The van der Waals surface area contributed by atoms with Crippen molar-refractivity contribution in [3.63, 3.8) is 0 Å².